The topological polar surface area (TPSA) is 75.7 Å². The van der Waals surface area contributed by atoms with E-state index in [-0.39, 0.29) is 29.3 Å². The molecule has 1 heterocycles. The normalized spacial score (nSPS) is 18.4. The molecule has 0 saturated carbocycles. The number of methoxy groups -OCH3 is 1. The van der Waals surface area contributed by atoms with Crippen LogP contribution < -0.4 is 10.1 Å². The molecule has 0 radical (unpaired) electrons. The van der Waals surface area contributed by atoms with Crippen molar-refractivity contribution in [3.63, 3.8) is 0 Å². The van der Waals surface area contributed by atoms with Gasteiger partial charge in [0, 0.05) is 13.1 Å². The summed E-state index contributed by atoms with van der Waals surface area (Å²) in [6.45, 7) is 8.85. The molecular weight excluding hydrogens is 424 g/mol. The van der Waals surface area contributed by atoms with Gasteiger partial charge in [-0.3, -0.25) is 4.79 Å². The Morgan fingerprint density at radius 2 is 1.81 bits per heavy atom. The van der Waals surface area contributed by atoms with Gasteiger partial charge in [-0.25, -0.2) is 8.42 Å². The predicted octanol–water partition coefficient (Wildman–Crippen LogP) is 4.41. The number of amides is 1. The first-order valence-corrected chi connectivity index (χ1v) is 12.6. The molecule has 1 saturated heterocycles. The number of sulfonamides is 1. The fraction of sp³-hybridized carbons (Fsp3) is 0.480. The van der Waals surface area contributed by atoms with Crippen molar-refractivity contribution < 1.29 is 17.9 Å². The van der Waals surface area contributed by atoms with Crippen molar-refractivity contribution in [1.29, 1.82) is 0 Å². The summed E-state index contributed by atoms with van der Waals surface area (Å²) in [6, 6.07) is 12.3. The second-order valence-electron chi connectivity index (χ2n) is 8.85. The minimum absolute atomic E-state index is 0.105. The smallest absolute Gasteiger partial charge is 0.243 e. The molecule has 0 aromatic heterocycles. The molecule has 6 nitrogen and oxygen atoms in total. The minimum Gasteiger partial charge on any atom is -0.496 e. The minimum atomic E-state index is -3.60. The van der Waals surface area contributed by atoms with Crippen LogP contribution >= 0.6 is 0 Å². The number of ether oxygens (including phenoxy) is 1. The van der Waals surface area contributed by atoms with Crippen LogP contribution in [0.2, 0.25) is 0 Å². The van der Waals surface area contributed by atoms with Crippen LogP contribution in [0.4, 0.5) is 0 Å². The van der Waals surface area contributed by atoms with Gasteiger partial charge < -0.3 is 10.1 Å². The van der Waals surface area contributed by atoms with Gasteiger partial charge in [-0.1, -0.05) is 32.0 Å². The lowest BCUT2D eigenvalue weighted by atomic mass is 9.92. The van der Waals surface area contributed by atoms with Crippen LogP contribution in [0.5, 0.6) is 5.75 Å². The number of hydrogen-bond acceptors (Lipinski definition) is 4. The zero-order valence-electron chi connectivity index (χ0n) is 19.6. The van der Waals surface area contributed by atoms with E-state index in [1.165, 1.54) is 4.31 Å². The number of aryl methyl sites for hydroxylation is 1. The molecule has 0 bridgehead atoms. The summed E-state index contributed by atoms with van der Waals surface area (Å²) in [5.41, 5.74) is 3.20. The third-order valence-corrected chi connectivity index (χ3v) is 8.08. The van der Waals surface area contributed by atoms with Crippen molar-refractivity contribution in [1.82, 2.24) is 9.62 Å². The maximum atomic E-state index is 13.1. The fourth-order valence-electron chi connectivity index (χ4n) is 4.34. The van der Waals surface area contributed by atoms with Crippen molar-refractivity contribution in [2.75, 3.05) is 20.2 Å². The SMILES string of the molecule is COc1cc(C)c([C@@H](C)NC(=O)[C@@H]2CCCN(S(=O)(=O)c3ccccc3)C2)cc1C(C)C. The number of rotatable bonds is 7. The van der Waals surface area contributed by atoms with Crippen molar-refractivity contribution in [3.05, 3.63) is 59.2 Å². The number of carbonyl (C=O) groups is 1. The number of benzene rings is 2. The van der Waals surface area contributed by atoms with Crippen molar-refractivity contribution >= 4 is 15.9 Å². The third kappa shape index (κ3) is 5.15. The highest BCUT2D eigenvalue weighted by molar-refractivity contribution is 7.89. The first kappa shape index (κ1) is 24.3. The first-order chi connectivity index (χ1) is 15.1. The summed E-state index contributed by atoms with van der Waals surface area (Å²) >= 11 is 0. The predicted molar refractivity (Wildman–Crippen MR) is 126 cm³/mol. The molecule has 0 spiro atoms. The molecule has 1 amide bonds. The quantitative estimate of drug-likeness (QED) is 0.667. The van der Waals surface area contributed by atoms with Crippen LogP contribution in [0.3, 0.4) is 0 Å². The van der Waals surface area contributed by atoms with Gasteiger partial charge in [0.1, 0.15) is 5.75 Å². The van der Waals surface area contributed by atoms with Gasteiger partial charge in [0.25, 0.3) is 0 Å². The Labute approximate surface area is 192 Å². The molecule has 1 aliphatic rings. The van der Waals surface area contributed by atoms with Crippen molar-refractivity contribution in [3.8, 4) is 5.75 Å². The molecule has 1 fully saturated rings. The molecule has 3 rings (SSSR count). The van der Waals surface area contributed by atoms with E-state index in [9.17, 15) is 13.2 Å². The Morgan fingerprint density at radius 3 is 2.44 bits per heavy atom. The molecule has 7 heteroatoms. The number of nitrogens with zero attached hydrogens (tertiary/aromatic N) is 1. The van der Waals surface area contributed by atoms with E-state index in [1.807, 2.05) is 19.9 Å². The van der Waals surface area contributed by atoms with E-state index in [0.717, 1.165) is 22.4 Å². The molecular formula is C25H34N2O4S. The Bertz CT molecular complexity index is 1050. The summed E-state index contributed by atoms with van der Waals surface area (Å²) in [7, 11) is -1.93. The Hall–Kier alpha value is -2.38. The molecule has 2 aromatic rings. The van der Waals surface area contributed by atoms with E-state index in [2.05, 4.69) is 25.2 Å². The molecule has 0 unspecified atom stereocenters. The van der Waals surface area contributed by atoms with Crippen LogP contribution in [-0.4, -0.2) is 38.8 Å². The van der Waals surface area contributed by atoms with Gasteiger partial charge >= 0.3 is 0 Å². The third-order valence-electron chi connectivity index (χ3n) is 6.20. The maximum Gasteiger partial charge on any atom is 0.243 e. The van der Waals surface area contributed by atoms with Crippen LogP contribution in [0.1, 0.15) is 62.3 Å². The number of carbonyl (C=O) groups excluding carboxylic acids is 1. The second-order valence-corrected chi connectivity index (χ2v) is 10.8. The molecule has 32 heavy (non-hydrogen) atoms. The Balaban J connectivity index is 1.74. The highest BCUT2D eigenvalue weighted by Gasteiger charge is 2.33. The Kier molecular flexibility index (Phi) is 7.62. The molecule has 2 atom stereocenters. The summed E-state index contributed by atoms with van der Waals surface area (Å²) in [6.07, 6.45) is 1.34. The lowest BCUT2D eigenvalue weighted by Crippen LogP contribution is -2.45. The lowest BCUT2D eigenvalue weighted by Gasteiger charge is -2.32. The van der Waals surface area contributed by atoms with Crippen LogP contribution in [0.25, 0.3) is 0 Å². The Morgan fingerprint density at radius 1 is 1.12 bits per heavy atom. The maximum absolute atomic E-state index is 13.1. The van der Waals surface area contributed by atoms with E-state index in [0.29, 0.717) is 25.3 Å². The zero-order chi connectivity index (χ0) is 23.5. The zero-order valence-corrected chi connectivity index (χ0v) is 20.4. The average Bonchev–Trinajstić information content (AvgIpc) is 2.79. The van der Waals surface area contributed by atoms with Gasteiger partial charge in [-0.2, -0.15) is 4.31 Å². The summed E-state index contributed by atoms with van der Waals surface area (Å²) in [5.74, 6) is 0.677. The lowest BCUT2D eigenvalue weighted by molar-refractivity contribution is -0.126. The van der Waals surface area contributed by atoms with E-state index >= 15 is 0 Å². The van der Waals surface area contributed by atoms with E-state index in [1.54, 1.807) is 37.4 Å². The number of piperidine rings is 1. The van der Waals surface area contributed by atoms with E-state index in [4.69, 9.17) is 4.74 Å². The van der Waals surface area contributed by atoms with Crippen LogP contribution in [0.15, 0.2) is 47.4 Å². The first-order valence-electron chi connectivity index (χ1n) is 11.2. The van der Waals surface area contributed by atoms with Gasteiger partial charge in [0.15, 0.2) is 0 Å². The van der Waals surface area contributed by atoms with Gasteiger partial charge in [0.2, 0.25) is 15.9 Å². The molecule has 1 N–H and O–H groups in total. The molecule has 174 valence electrons. The number of nitrogens with one attached hydrogen (secondary N) is 1. The van der Waals surface area contributed by atoms with E-state index < -0.39 is 10.0 Å². The molecule has 0 aliphatic carbocycles. The van der Waals surface area contributed by atoms with Gasteiger partial charge in [0.05, 0.1) is 24.0 Å². The summed E-state index contributed by atoms with van der Waals surface area (Å²) in [4.78, 5) is 13.4. The largest absolute Gasteiger partial charge is 0.496 e. The van der Waals surface area contributed by atoms with Crippen LogP contribution in [-0.2, 0) is 14.8 Å². The van der Waals surface area contributed by atoms with Crippen molar-refractivity contribution in [2.24, 2.45) is 5.92 Å². The highest BCUT2D eigenvalue weighted by atomic mass is 32.2. The van der Waals surface area contributed by atoms with Crippen LogP contribution in [0, 0.1) is 12.8 Å². The number of hydrogen-bond donors (Lipinski definition) is 1. The standard InChI is InChI=1S/C25H34N2O4S/c1-17(2)22-15-23(18(3)14-24(22)31-5)19(4)26-25(28)20-10-9-13-27(16-20)32(29,30)21-11-7-6-8-12-21/h6-8,11-12,14-15,17,19-20H,9-10,13,16H2,1-5H3,(H,26,28)/t19-,20-/m1/s1. The van der Waals surface area contributed by atoms with Crippen molar-refractivity contribution in [2.45, 2.75) is 57.4 Å². The fourth-order valence-corrected chi connectivity index (χ4v) is 5.88. The summed E-state index contributed by atoms with van der Waals surface area (Å²) < 4.78 is 32.9. The van der Waals surface area contributed by atoms with Gasteiger partial charge in [-0.15, -0.1) is 0 Å². The van der Waals surface area contributed by atoms with Gasteiger partial charge in [-0.05, 0) is 73.6 Å². The monoisotopic (exact) mass is 458 g/mol. The molecule has 2 aromatic carbocycles. The second kappa shape index (κ2) is 10.0. The molecule has 1 aliphatic heterocycles. The highest BCUT2D eigenvalue weighted by Crippen LogP contribution is 2.32. The average molecular weight is 459 g/mol. The summed E-state index contributed by atoms with van der Waals surface area (Å²) in [5, 5.41) is 3.12.